The summed E-state index contributed by atoms with van der Waals surface area (Å²) in [7, 11) is 0. The number of nitrogens with one attached hydrogen (secondary N) is 1. The zero-order chi connectivity index (χ0) is 7.56. The lowest BCUT2D eigenvalue weighted by Gasteiger charge is -2.24. The number of hydrogen-bond donors (Lipinski definition) is 2. The fourth-order valence-electron chi connectivity index (χ4n) is 1.07. The van der Waals surface area contributed by atoms with Crippen LogP contribution in [0, 0.1) is 11.3 Å². The minimum atomic E-state index is -1.06. The van der Waals surface area contributed by atoms with Crippen LogP contribution in [0.2, 0.25) is 0 Å². The Morgan fingerprint density at radius 3 is 2.50 bits per heavy atom. The van der Waals surface area contributed by atoms with Gasteiger partial charge >= 0.3 is 5.97 Å². The summed E-state index contributed by atoms with van der Waals surface area (Å²) in [4.78, 5) is 10.2. The molecule has 0 amide bonds. The van der Waals surface area contributed by atoms with Crippen LogP contribution in [-0.2, 0) is 4.79 Å². The van der Waals surface area contributed by atoms with Crippen molar-refractivity contribution in [3.05, 3.63) is 0 Å². The Bertz CT molecular complexity index is 161. The van der Waals surface area contributed by atoms with Gasteiger partial charge in [-0.05, 0) is 12.3 Å². The molecule has 0 aromatic carbocycles. The molecule has 0 bridgehead atoms. The molecule has 1 aliphatic carbocycles. The van der Waals surface area contributed by atoms with E-state index in [1.807, 2.05) is 0 Å². The molecule has 0 radical (unpaired) electrons. The van der Waals surface area contributed by atoms with Gasteiger partial charge in [0.2, 0.25) is 0 Å². The van der Waals surface area contributed by atoms with Crippen LogP contribution in [-0.4, -0.2) is 16.8 Å². The van der Waals surface area contributed by atoms with E-state index in [0.29, 0.717) is 12.3 Å². The van der Waals surface area contributed by atoms with Gasteiger partial charge < -0.3 is 5.11 Å². The van der Waals surface area contributed by atoms with Crippen LogP contribution in [0.25, 0.3) is 0 Å². The van der Waals surface area contributed by atoms with Gasteiger partial charge in [-0.15, -0.1) is 0 Å². The molecule has 1 aliphatic rings. The molecule has 0 aromatic heterocycles. The van der Waals surface area contributed by atoms with Crippen LogP contribution in [0.5, 0.6) is 0 Å². The summed E-state index contributed by atoms with van der Waals surface area (Å²) in [6, 6.07) is 0. The Morgan fingerprint density at radius 2 is 2.20 bits per heavy atom. The van der Waals surface area contributed by atoms with Crippen LogP contribution in [0.15, 0.2) is 0 Å². The van der Waals surface area contributed by atoms with E-state index in [9.17, 15) is 4.79 Å². The number of rotatable bonds is 3. The number of hydrogen-bond acceptors (Lipinski definition) is 2. The predicted octanol–water partition coefficient (Wildman–Crippen LogP) is 1.28. The minimum absolute atomic E-state index is 0.135. The van der Waals surface area contributed by atoms with Crippen molar-refractivity contribution in [2.45, 2.75) is 25.7 Å². The normalized spacial score (nSPS) is 18.0. The zero-order valence-corrected chi connectivity index (χ0v) is 5.76. The highest BCUT2D eigenvalue weighted by Crippen LogP contribution is 2.29. The first kappa shape index (κ1) is 7.25. The molecule has 56 valence electrons. The largest absolute Gasteiger partial charge is 0.477 e. The monoisotopic (exact) mass is 141 g/mol. The summed E-state index contributed by atoms with van der Waals surface area (Å²) in [5.74, 6) is -0.574. The van der Waals surface area contributed by atoms with Gasteiger partial charge in [0.25, 0.3) is 0 Å². The Hall–Kier alpha value is -0.860. The maximum atomic E-state index is 10.2. The molecule has 0 saturated heterocycles. The van der Waals surface area contributed by atoms with Crippen molar-refractivity contribution >= 4 is 11.7 Å². The zero-order valence-electron chi connectivity index (χ0n) is 5.76. The lowest BCUT2D eigenvalue weighted by molar-refractivity contribution is -0.129. The third-order valence-electron chi connectivity index (χ3n) is 1.98. The summed E-state index contributed by atoms with van der Waals surface area (Å²) in [5, 5.41) is 15.3. The van der Waals surface area contributed by atoms with E-state index >= 15 is 0 Å². The third-order valence-corrected chi connectivity index (χ3v) is 1.98. The van der Waals surface area contributed by atoms with E-state index in [1.54, 1.807) is 0 Å². The standard InChI is InChI=1S/C7H11NO2/c8-6(7(9)10)4-5-2-1-3-5/h5,8H,1-4H2,(H,9,10). The summed E-state index contributed by atoms with van der Waals surface area (Å²) in [6.07, 6.45) is 3.89. The van der Waals surface area contributed by atoms with Gasteiger partial charge in [0.05, 0.1) is 0 Å². The topological polar surface area (TPSA) is 61.2 Å². The van der Waals surface area contributed by atoms with Gasteiger partial charge in [0, 0.05) is 0 Å². The van der Waals surface area contributed by atoms with Crippen molar-refractivity contribution in [2.75, 3.05) is 0 Å². The summed E-state index contributed by atoms with van der Waals surface area (Å²) in [6.45, 7) is 0. The van der Waals surface area contributed by atoms with Crippen LogP contribution < -0.4 is 0 Å². The highest BCUT2D eigenvalue weighted by atomic mass is 16.4. The highest BCUT2D eigenvalue weighted by Gasteiger charge is 2.21. The average Bonchev–Trinajstić information content (AvgIpc) is 1.77. The second-order valence-electron chi connectivity index (χ2n) is 2.78. The molecule has 0 heterocycles. The Kier molecular flexibility index (Phi) is 2.04. The Balaban J connectivity index is 2.23. The first-order valence-corrected chi connectivity index (χ1v) is 3.51. The van der Waals surface area contributed by atoms with Crippen molar-refractivity contribution in [3.8, 4) is 0 Å². The van der Waals surface area contributed by atoms with Gasteiger partial charge in [0.15, 0.2) is 0 Å². The maximum Gasteiger partial charge on any atom is 0.349 e. The molecular formula is C7H11NO2. The minimum Gasteiger partial charge on any atom is -0.477 e. The van der Waals surface area contributed by atoms with Gasteiger partial charge in [-0.2, -0.15) is 0 Å². The number of aliphatic carboxylic acids is 1. The molecule has 1 saturated carbocycles. The van der Waals surface area contributed by atoms with Crippen molar-refractivity contribution in [2.24, 2.45) is 5.92 Å². The van der Waals surface area contributed by atoms with E-state index < -0.39 is 5.97 Å². The fraction of sp³-hybridized carbons (Fsp3) is 0.714. The summed E-state index contributed by atoms with van der Waals surface area (Å²) < 4.78 is 0. The van der Waals surface area contributed by atoms with Crippen LogP contribution in [0.3, 0.4) is 0 Å². The van der Waals surface area contributed by atoms with Gasteiger partial charge in [0.1, 0.15) is 5.71 Å². The van der Waals surface area contributed by atoms with E-state index in [1.165, 1.54) is 6.42 Å². The van der Waals surface area contributed by atoms with Crippen molar-refractivity contribution in [1.29, 1.82) is 5.41 Å². The van der Waals surface area contributed by atoms with E-state index in [4.69, 9.17) is 10.5 Å². The molecule has 1 fully saturated rings. The lowest BCUT2D eigenvalue weighted by atomic mass is 9.82. The third kappa shape index (κ3) is 1.56. The smallest absolute Gasteiger partial charge is 0.349 e. The molecule has 0 atom stereocenters. The predicted molar refractivity (Wildman–Crippen MR) is 37.3 cm³/mol. The van der Waals surface area contributed by atoms with E-state index in [0.717, 1.165) is 12.8 Å². The van der Waals surface area contributed by atoms with Gasteiger partial charge in [-0.25, -0.2) is 4.79 Å². The SMILES string of the molecule is N=C(CC1CCC1)C(=O)O. The Morgan fingerprint density at radius 1 is 1.60 bits per heavy atom. The molecule has 1 rings (SSSR count). The second-order valence-corrected chi connectivity index (χ2v) is 2.78. The highest BCUT2D eigenvalue weighted by molar-refractivity contribution is 6.34. The van der Waals surface area contributed by atoms with Crippen molar-refractivity contribution < 1.29 is 9.90 Å². The van der Waals surface area contributed by atoms with Gasteiger partial charge in [-0.1, -0.05) is 19.3 Å². The van der Waals surface area contributed by atoms with Crippen molar-refractivity contribution in [3.63, 3.8) is 0 Å². The summed E-state index contributed by atoms with van der Waals surface area (Å²) >= 11 is 0. The van der Waals surface area contributed by atoms with Crippen LogP contribution in [0.1, 0.15) is 25.7 Å². The maximum absolute atomic E-state index is 10.2. The lowest BCUT2D eigenvalue weighted by Crippen LogP contribution is -2.20. The molecular weight excluding hydrogens is 130 g/mol. The molecule has 0 aromatic rings. The molecule has 10 heavy (non-hydrogen) atoms. The molecule has 0 unspecified atom stereocenters. The first-order chi connectivity index (χ1) is 4.70. The molecule has 0 aliphatic heterocycles. The Labute approximate surface area is 59.6 Å². The quantitative estimate of drug-likeness (QED) is 0.581. The second kappa shape index (κ2) is 2.82. The number of carboxylic acid groups (broad SMARTS) is 1. The molecule has 2 N–H and O–H groups in total. The van der Waals surface area contributed by atoms with Crippen LogP contribution in [0.4, 0.5) is 0 Å². The molecule has 3 nitrogen and oxygen atoms in total. The first-order valence-electron chi connectivity index (χ1n) is 3.51. The van der Waals surface area contributed by atoms with Gasteiger partial charge in [-0.3, -0.25) is 5.41 Å². The number of carboxylic acids is 1. The van der Waals surface area contributed by atoms with E-state index in [-0.39, 0.29) is 5.71 Å². The van der Waals surface area contributed by atoms with Crippen LogP contribution >= 0.6 is 0 Å². The van der Waals surface area contributed by atoms with Crippen molar-refractivity contribution in [1.82, 2.24) is 0 Å². The molecule has 3 heteroatoms. The van der Waals surface area contributed by atoms with E-state index in [2.05, 4.69) is 0 Å². The summed E-state index contributed by atoms with van der Waals surface area (Å²) in [5.41, 5.74) is -0.135. The fourth-order valence-corrected chi connectivity index (χ4v) is 1.07. The average molecular weight is 141 g/mol. The molecule has 0 spiro atoms. The number of carbonyl (C=O) groups is 1.